The summed E-state index contributed by atoms with van der Waals surface area (Å²) in [6.07, 6.45) is 1.96. The maximum atomic E-state index is 12.7. The van der Waals surface area contributed by atoms with E-state index in [2.05, 4.69) is 42.9 Å². The summed E-state index contributed by atoms with van der Waals surface area (Å²) in [7, 11) is 0. The van der Waals surface area contributed by atoms with E-state index in [0.717, 1.165) is 19.4 Å². The normalized spacial score (nSPS) is 28.9. The van der Waals surface area contributed by atoms with Crippen LogP contribution in [0.15, 0.2) is 16.8 Å². The molecule has 0 aliphatic carbocycles. The summed E-state index contributed by atoms with van der Waals surface area (Å²) in [5.41, 5.74) is 0.791. The summed E-state index contributed by atoms with van der Waals surface area (Å²) in [4.78, 5) is 14.7. The third-order valence-corrected chi connectivity index (χ3v) is 4.97. The highest BCUT2D eigenvalue weighted by Gasteiger charge is 2.47. The van der Waals surface area contributed by atoms with Crippen molar-refractivity contribution in [3.63, 3.8) is 0 Å². The van der Waals surface area contributed by atoms with Gasteiger partial charge in [-0.15, -0.1) is 0 Å². The van der Waals surface area contributed by atoms with Crippen LogP contribution in [0.2, 0.25) is 0 Å². The van der Waals surface area contributed by atoms with Gasteiger partial charge >= 0.3 is 0 Å². The Bertz CT molecular complexity index is 431. The number of thiophene rings is 1. The van der Waals surface area contributed by atoms with Crippen LogP contribution >= 0.6 is 11.3 Å². The molecule has 0 radical (unpaired) electrons. The van der Waals surface area contributed by atoms with E-state index in [4.69, 9.17) is 0 Å². The van der Waals surface area contributed by atoms with Crippen molar-refractivity contribution in [2.24, 2.45) is 5.92 Å². The van der Waals surface area contributed by atoms with Crippen LogP contribution in [0, 0.1) is 5.92 Å². The molecule has 1 N–H and O–H groups in total. The molecule has 0 saturated carbocycles. The Morgan fingerprint density at radius 3 is 2.79 bits per heavy atom. The van der Waals surface area contributed by atoms with Crippen LogP contribution in [0.3, 0.4) is 0 Å². The molecule has 2 rings (SSSR count). The first-order valence-corrected chi connectivity index (χ1v) is 8.07. The lowest BCUT2D eigenvalue weighted by molar-refractivity contribution is -0.133. The van der Waals surface area contributed by atoms with Crippen molar-refractivity contribution in [1.82, 2.24) is 10.2 Å². The lowest BCUT2D eigenvalue weighted by Gasteiger charge is -2.26. The quantitative estimate of drug-likeness (QED) is 0.896. The number of hydrogen-bond donors (Lipinski definition) is 1. The molecule has 19 heavy (non-hydrogen) atoms. The van der Waals surface area contributed by atoms with Crippen molar-refractivity contribution in [2.45, 2.75) is 52.2 Å². The number of nitrogens with zero attached hydrogens (tertiary/aromatic N) is 1. The van der Waals surface area contributed by atoms with E-state index in [-0.39, 0.29) is 12.1 Å². The molecule has 1 saturated heterocycles. The highest BCUT2D eigenvalue weighted by atomic mass is 32.1. The molecule has 0 spiro atoms. The molecular weight excluding hydrogens is 256 g/mol. The van der Waals surface area contributed by atoms with Gasteiger partial charge in [-0.2, -0.15) is 11.3 Å². The maximum absolute atomic E-state index is 12.7. The van der Waals surface area contributed by atoms with E-state index in [0.29, 0.717) is 5.92 Å². The average Bonchev–Trinajstić information content (AvgIpc) is 3.01. The SMILES string of the molecule is CCC(C)CN1C(=O)C(C)(CC)NC1c1ccsc1. The fourth-order valence-corrected chi connectivity index (χ4v) is 3.15. The third-order valence-electron chi connectivity index (χ3n) is 4.27. The molecule has 1 amide bonds. The molecule has 3 unspecified atom stereocenters. The first kappa shape index (κ1) is 14.5. The van der Waals surface area contributed by atoms with Crippen LogP contribution in [0.25, 0.3) is 0 Å². The summed E-state index contributed by atoms with van der Waals surface area (Å²) in [5.74, 6) is 0.776. The predicted octanol–water partition coefficient (Wildman–Crippen LogP) is 3.39. The Morgan fingerprint density at radius 2 is 2.26 bits per heavy atom. The lowest BCUT2D eigenvalue weighted by Crippen LogP contribution is -2.43. The molecule has 1 aliphatic rings. The summed E-state index contributed by atoms with van der Waals surface area (Å²) in [5, 5.41) is 7.74. The van der Waals surface area contributed by atoms with Gasteiger partial charge in [0.1, 0.15) is 6.17 Å². The molecule has 0 aromatic carbocycles. The average molecular weight is 280 g/mol. The molecule has 1 aromatic heterocycles. The lowest BCUT2D eigenvalue weighted by atomic mass is 9.99. The fraction of sp³-hybridized carbons (Fsp3) is 0.667. The highest BCUT2D eigenvalue weighted by Crippen LogP contribution is 2.34. The Kier molecular flexibility index (Phi) is 4.31. The minimum absolute atomic E-state index is 0.0395. The summed E-state index contributed by atoms with van der Waals surface area (Å²) >= 11 is 1.68. The van der Waals surface area contributed by atoms with Gasteiger partial charge in [-0.05, 0) is 41.7 Å². The number of rotatable bonds is 5. The second kappa shape index (κ2) is 5.63. The standard InChI is InChI=1S/C15H24N2OS/c1-5-11(3)9-17-13(12-7-8-19-10-12)16-15(4,6-2)14(17)18/h7-8,10-11,13,16H,5-6,9H2,1-4H3. The van der Waals surface area contributed by atoms with Gasteiger partial charge in [0.05, 0.1) is 5.54 Å². The van der Waals surface area contributed by atoms with Gasteiger partial charge in [-0.25, -0.2) is 0 Å². The molecule has 1 aromatic rings. The molecule has 3 nitrogen and oxygen atoms in total. The van der Waals surface area contributed by atoms with Crippen LogP contribution in [0.1, 0.15) is 52.3 Å². The minimum atomic E-state index is -0.417. The third kappa shape index (κ3) is 2.70. The van der Waals surface area contributed by atoms with Crippen molar-refractivity contribution in [3.05, 3.63) is 22.4 Å². The zero-order valence-electron chi connectivity index (χ0n) is 12.3. The molecule has 0 bridgehead atoms. The Morgan fingerprint density at radius 1 is 1.53 bits per heavy atom. The van der Waals surface area contributed by atoms with Crippen LogP contribution in [0.4, 0.5) is 0 Å². The number of carbonyl (C=O) groups is 1. The van der Waals surface area contributed by atoms with Crippen molar-refractivity contribution < 1.29 is 4.79 Å². The van der Waals surface area contributed by atoms with Gasteiger partial charge in [0.25, 0.3) is 0 Å². The first-order chi connectivity index (χ1) is 9.01. The van der Waals surface area contributed by atoms with Gasteiger partial charge in [0.15, 0.2) is 0 Å². The Balaban J connectivity index is 2.26. The van der Waals surface area contributed by atoms with Crippen molar-refractivity contribution in [1.29, 1.82) is 0 Å². The van der Waals surface area contributed by atoms with Crippen LogP contribution in [0.5, 0.6) is 0 Å². The maximum Gasteiger partial charge on any atom is 0.244 e. The van der Waals surface area contributed by atoms with E-state index < -0.39 is 5.54 Å². The molecule has 2 heterocycles. The molecule has 4 heteroatoms. The highest BCUT2D eigenvalue weighted by molar-refractivity contribution is 7.07. The largest absolute Gasteiger partial charge is 0.321 e. The van der Waals surface area contributed by atoms with Gasteiger partial charge < -0.3 is 4.90 Å². The number of carbonyl (C=O) groups excluding carboxylic acids is 1. The van der Waals surface area contributed by atoms with Crippen LogP contribution in [-0.4, -0.2) is 22.9 Å². The van der Waals surface area contributed by atoms with Gasteiger partial charge in [-0.3, -0.25) is 10.1 Å². The van der Waals surface area contributed by atoms with Crippen LogP contribution < -0.4 is 5.32 Å². The van der Waals surface area contributed by atoms with Gasteiger partial charge in [-0.1, -0.05) is 27.2 Å². The smallest absolute Gasteiger partial charge is 0.244 e. The van der Waals surface area contributed by atoms with E-state index in [1.165, 1.54) is 5.56 Å². The van der Waals surface area contributed by atoms with Crippen molar-refractivity contribution in [2.75, 3.05) is 6.54 Å². The summed E-state index contributed by atoms with van der Waals surface area (Å²) in [6.45, 7) is 9.31. The summed E-state index contributed by atoms with van der Waals surface area (Å²) < 4.78 is 0. The number of amides is 1. The Hall–Kier alpha value is -0.870. The zero-order chi connectivity index (χ0) is 14.0. The fourth-order valence-electron chi connectivity index (χ4n) is 2.48. The first-order valence-electron chi connectivity index (χ1n) is 7.12. The van der Waals surface area contributed by atoms with Crippen molar-refractivity contribution >= 4 is 17.2 Å². The minimum Gasteiger partial charge on any atom is -0.321 e. The topological polar surface area (TPSA) is 32.3 Å². The van der Waals surface area contributed by atoms with E-state index in [1.54, 1.807) is 11.3 Å². The molecular formula is C15H24N2OS. The van der Waals surface area contributed by atoms with E-state index in [9.17, 15) is 4.79 Å². The molecule has 1 aliphatic heterocycles. The van der Waals surface area contributed by atoms with Gasteiger partial charge in [0.2, 0.25) is 5.91 Å². The van der Waals surface area contributed by atoms with Crippen molar-refractivity contribution in [3.8, 4) is 0 Å². The summed E-state index contributed by atoms with van der Waals surface area (Å²) in [6, 6.07) is 2.11. The monoisotopic (exact) mass is 280 g/mol. The van der Waals surface area contributed by atoms with Gasteiger partial charge in [0, 0.05) is 6.54 Å². The van der Waals surface area contributed by atoms with Crippen LogP contribution in [-0.2, 0) is 4.79 Å². The number of nitrogens with one attached hydrogen (secondary N) is 1. The molecule has 1 fully saturated rings. The zero-order valence-corrected chi connectivity index (χ0v) is 13.1. The second-order valence-corrected chi connectivity index (χ2v) is 6.54. The Labute approximate surface area is 120 Å². The predicted molar refractivity (Wildman–Crippen MR) is 80.1 cm³/mol. The van der Waals surface area contributed by atoms with E-state index >= 15 is 0 Å². The molecule has 3 atom stereocenters. The van der Waals surface area contributed by atoms with E-state index in [1.807, 2.05) is 11.8 Å². The number of hydrogen-bond acceptors (Lipinski definition) is 3. The second-order valence-electron chi connectivity index (χ2n) is 5.76. The molecule has 106 valence electrons.